The molecule has 0 nitrogen and oxygen atoms in total. The van der Waals surface area contributed by atoms with E-state index in [0.717, 1.165) is 23.3 Å². The quantitative estimate of drug-likeness (QED) is 0.582. The molecule has 1 rings (SSSR count). The summed E-state index contributed by atoms with van der Waals surface area (Å²) >= 11 is 0. The van der Waals surface area contributed by atoms with E-state index in [1.54, 1.807) is 0 Å². The summed E-state index contributed by atoms with van der Waals surface area (Å²) in [5.74, 6) is 3.31. The van der Waals surface area contributed by atoms with Gasteiger partial charge in [-0.05, 0) is 0 Å². The number of rotatable bonds is 4. The van der Waals surface area contributed by atoms with Gasteiger partial charge in [0.2, 0.25) is 0 Å². The van der Waals surface area contributed by atoms with E-state index >= 15 is 0 Å². The molecule has 78 valence electrons. The van der Waals surface area contributed by atoms with Crippen molar-refractivity contribution in [3.8, 4) is 0 Å². The minimum atomic E-state index is 0.762. The van der Waals surface area contributed by atoms with Gasteiger partial charge >= 0.3 is 0 Å². The van der Waals surface area contributed by atoms with Gasteiger partial charge in [-0.15, -0.1) is 0 Å². The van der Waals surface area contributed by atoms with Gasteiger partial charge in [0, 0.05) is 0 Å². The number of hydrogen-bond acceptors (Lipinski definition) is 0. The second-order valence-electron chi connectivity index (χ2n) is 5.56. The molecule has 1 fully saturated rings. The summed E-state index contributed by atoms with van der Waals surface area (Å²) in [6.07, 6.45) is 5.71. The molecule has 0 amide bonds. The highest BCUT2D eigenvalue weighted by molar-refractivity contribution is 6.41. The molecule has 0 N–H and O–H groups in total. The van der Waals surface area contributed by atoms with E-state index in [2.05, 4.69) is 42.3 Å². The Morgan fingerprint density at radius 2 is 1.29 bits per heavy atom. The summed E-state index contributed by atoms with van der Waals surface area (Å²) < 4.78 is 0. The first-order chi connectivity index (χ1) is 6.58. The Labute approximate surface area is 91.7 Å². The van der Waals surface area contributed by atoms with E-state index in [1.807, 2.05) is 0 Å². The van der Waals surface area contributed by atoms with Crippen molar-refractivity contribution in [1.29, 1.82) is 0 Å². The Morgan fingerprint density at radius 1 is 0.857 bits per heavy atom. The molecule has 0 aromatic heterocycles. The second-order valence-corrected chi connectivity index (χ2v) is 5.56. The van der Waals surface area contributed by atoms with Crippen LogP contribution in [0.5, 0.6) is 0 Å². The molecular weight excluding hydrogens is 166 g/mol. The summed E-state index contributed by atoms with van der Waals surface area (Å²) in [6, 6.07) is 0. The highest BCUT2D eigenvalue weighted by Gasteiger charge is 2.23. The molecule has 1 aliphatic carbocycles. The largest absolute Gasteiger partial charge is 0.117 e. The van der Waals surface area contributed by atoms with Crippen molar-refractivity contribution < 1.29 is 0 Å². The van der Waals surface area contributed by atoms with Gasteiger partial charge in [0.15, 0.2) is 0 Å². The number of hydrogen-bond donors (Lipinski definition) is 0. The Balaban J connectivity index is 2.28. The van der Waals surface area contributed by atoms with Gasteiger partial charge in [-0.2, -0.15) is 0 Å². The molecule has 0 aromatic carbocycles. The van der Waals surface area contributed by atoms with Crippen molar-refractivity contribution in [3.63, 3.8) is 0 Å². The highest BCUT2D eigenvalue weighted by Crippen LogP contribution is 2.38. The van der Waals surface area contributed by atoms with E-state index in [9.17, 15) is 0 Å². The third-order valence-corrected chi connectivity index (χ3v) is 3.07. The SMILES string of the molecule is CC(C)[B]C1CCCC([B]C(C)C)C1. The van der Waals surface area contributed by atoms with Crippen LogP contribution in [0.25, 0.3) is 0 Å². The van der Waals surface area contributed by atoms with Crippen LogP contribution in [-0.4, -0.2) is 14.6 Å². The van der Waals surface area contributed by atoms with E-state index in [4.69, 9.17) is 0 Å². The van der Waals surface area contributed by atoms with Gasteiger partial charge in [-0.1, -0.05) is 76.6 Å². The van der Waals surface area contributed by atoms with Crippen molar-refractivity contribution in [2.24, 2.45) is 0 Å². The van der Waals surface area contributed by atoms with E-state index in [0.29, 0.717) is 0 Å². The van der Waals surface area contributed by atoms with Crippen LogP contribution in [-0.2, 0) is 0 Å². The van der Waals surface area contributed by atoms with Crippen molar-refractivity contribution in [2.45, 2.75) is 76.6 Å². The molecule has 1 saturated carbocycles. The molecule has 0 aliphatic heterocycles. The lowest BCUT2D eigenvalue weighted by Crippen LogP contribution is -2.18. The highest BCUT2D eigenvalue weighted by atomic mass is 14.2. The molecule has 0 bridgehead atoms. The first-order valence-electron chi connectivity index (χ1n) is 6.28. The fraction of sp³-hybridized carbons (Fsp3) is 1.00. The maximum Gasteiger partial charge on any atom is 0.117 e. The van der Waals surface area contributed by atoms with Gasteiger partial charge in [0.05, 0.1) is 0 Å². The van der Waals surface area contributed by atoms with Gasteiger partial charge in [0.25, 0.3) is 0 Å². The van der Waals surface area contributed by atoms with Gasteiger partial charge in [-0.25, -0.2) is 0 Å². The molecule has 2 heteroatoms. The van der Waals surface area contributed by atoms with E-state index < -0.39 is 0 Å². The van der Waals surface area contributed by atoms with Gasteiger partial charge in [-0.3, -0.25) is 0 Å². The Hall–Kier alpha value is 0.130. The minimum absolute atomic E-state index is 0.762. The Kier molecular flexibility index (Phi) is 5.12. The molecule has 0 heterocycles. The van der Waals surface area contributed by atoms with E-state index in [1.165, 1.54) is 25.7 Å². The topological polar surface area (TPSA) is 0 Å². The predicted molar refractivity (Wildman–Crippen MR) is 67.7 cm³/mol. The maximum atomic E-state index is 2.56. The van der Waals surface area contributed by atoms with Crippen LogP contribution in [0.15, 0.2) is 0 Å². The summed E-state index contributed by atoms with van der Waals surface area (Å²) in [6.45, 7) is 9.21. The minimum Gasteiger partial charge on any atom is -0.0742 e. The molecule has 0 aromatic rings. The van der Waals surface area contributed by atoms with Crippen LogP contribution in [0.1, 0.15) is 53.4 Å². The summed E-state index contributed by atoms with van der Waals surface area (Å²) in [4.78, 5) is 0. The zero-order valence-corrected chi connectivity index (χ0v) is 10.3. The molecular formula is C12H24B2. The predicted octanol–water partition coefficient (Wildman–Crippen LogP) is 4.20. The van der Waals surface area contributed by atoms with Crippen molar-refractivity contribution in [2.75, 3.05) is 0 Å². The first-order valence-corrected chi connectivity index (χ1v) is 6.28. The Morgan fingerprint density at radius 3 is 1.64 bits per heavy atom. The van der Waals surface area contributed by atoms with E-state index in [-0.39, 0.29) is 0 Å². The van der Waals surface area contributed by atoms with Crippen LogP contribution in [0, 0.1) is 0 Å². The summed E-state index contributed by atoms with van der Waals surface area (Å²) in [5, 5.41) is 0. The third kappa shape index (κ3) is 4.57. The average Bonchev–Trinajstić information content (AvgIpc) is 2.01. The van der Waals surface area contributed by atoms with Crippen LogP contribution in [0.2, 0.25) is 23.3 Å². The maximum absolute atomic E-state index is 2.56. The molecule has 0 saturated heterocycles. The zero-order chi connectivity index (χ0) is 10.6. The van der Waals surface area contributed by atoms with Crippen LogP contribution in [0.3, 0.4) is 0 Å². The molecule has 2 radical (unpaired) electrons. The lowest BCUT2D eigenvalue weighted by molar-refractivity contribution is 0.492. The zero-order valence-electron chi connectivity index (χ0n) is 10.3. The molecule has 2 unspecified atom stereocenters. The van der Waals surface area contributed by atoms with Crippen LogP contribution < -0.4 is 0 Å². The summed E-state index contributed by atoms with van der Waals surface area (Å²) in [5.41, 5.74) is 0. The monoisotopic (exact) mass is 190 g/mol. The first kappa shape index (κ1) is 12.2. The fourth-order valence-corrected chi connectivity index (χ4v) is 2.71. The van der Waals surface area contributed by atoms with Gasteiger partial charge in [0.1, 0.15) is 14.6 Å². The normalized spacial score (nSPS) is 28.1. The lowest BCUT2D eigenvalue weighted by Gasteiger charge is -2.30. The standard InChI is InChI=1S/C12H24B2/c1-9(2)13-11-6-5-7-12(8-11)14-10(3)4/h9-12H,5-8H2,1-4H3. The van der Waals surface area contributed by atoms with Crippen molar-refractivity contribution >= 4 is 14.6 Å². The fourth-order valence-electron chi connectivity index (χ4n) is 2.71. The third-order valence-electron chi connectivity index (χ3n) is 3.07. The van der Waals surface area contributed by atoms with Crippen LogP contribution >= 0.6 is 0 Å². The molecule has 0 spiro atoms. The van der Waals surface area contributed by atoms with Crippen LogP contribution in [0.4, 0.5) is 0 Å². The smallest absolute Gasteiger partial charge is 0.0742 e. The van der Waals surface area contributed by atoms with Crippen molar-refractivity contribution in [3.05, 3.63) is 0 Å². The second kappa shape index (κ2) is 5.88. The van der Waals surface area contributed by atoms with Gasteiger partial charge < -0.3 is 0 Å². The average molecular weight is 190 g/mol. The Bertz CT molecular complexity index is 138. The van der Waals surface area contributed by atoms with Crippen molar-refractivity contribution in [1.82, 2.24) is 0 Å². The molecule has 14 heavy (non-hydrogen) atoms. The molecule has 2 atom stereocenters. The molecule has 1 aliphatic rings. The lowest BCUT2D eigenvalue weighted by atomic mass is 9.44. The summed E-state index contributed by atoms with van der Waals surface area (Å²) in [7, 11) is 5.11.